The van der Waals surface area contributed by atoms with Crippen LogP contribution in [0.2, 0.25) is 0 Å². The minimum absolute atomic E-state index is 0.0168. The summed E-state index contributed by atoms with van der Waals surface area (Å²) >= 11 is 1.46. The Morgan fingerprint density at radius 3 is 2.08 bits per heavy atom. The van der Waals surface area contributed by atoms with Crippen LogP contribution in [-0.2, 0) is 11.2 Å². The van der Waals surface area contributed by atoms with E-state index < -0.39 is 5.41 Å². The molecule has 0 aliphatic heterocycles. The number of thiazole rings is 1. The lowest BCUT2D eigenvalue weighted by atomic mass is 9.84. The molecule has 0 radical (unpaired) electrons. The van der Waals surface area contributed by atoms with Crippen molar-refractivity contribution in [3.05, 3.63) is 94.9 Å². The van der Waals surface area contributed by atoms with E-state index in [2.05, 4.69) is 17.4 Å². The minimum atomic E-state index is -0.967. The van der Waals surface area contributed by atoms with Crippen LogP contribution in [0.1, 0.15) is 41.1 Å². The van der Waals surface area contributed by atoms with Gasteiger partial charge in [0.2, 0.25) is 5.91 Å². The van der Waals surface area contributed by atoms with Crippen molar-refractivity contribution in [3.8, 4) is 22.8 Å². The fraction of sp³-hybridized carbons (Fsp3) is 0.233. The Morgan fingerprint density at radius 2 is 1.49 bits per heavy atom. The third-order valence-electron chi connectivity index (χ3n) is 6.06. The van der Waals surface area contributed by atoms with Gasteiger partial charge in [-0.15, -0.1) is 11.3 Å². The Bertz CT molecular complexity index is 1360. The molecule has 0 unspecified atom stereocenters. The molecule has 1 aromatic heterocycles. The second-order valence-electron chi connectivity index (χ2n) is 9.36. The van der Waals surface area contributed by atoms with Crippen molar-refractivity contribution in [2.45, 2.75) is 26.7 Å². The fourth-order valence-electron chi connectivity index (χ4n) is 3.95. The van der Waals surface area contributed by atoms with Crippen molar-refractivity contribution < 1.29 is 19.1 Å². The lowest BCUT2D eigenvalue weighted by molar-refractivity contribution is -0.123. The number of methoxy groups -OCH3 is 2. The van der Waals surface area contributed by atoms with E-state index in [4.69, 9.17) is 14.5 Å². The van der Waals surface area contributed by atoms with Crippen molar-refractivity contribution in [3.63, 3.8) is 0 Å². The SMILES string of the molecule is COc1cc(OC)cc(C(=O)CC(C)(C)C(=O)Nc2nc(-c3ccccc3)c(Cc3ccccc3)s2)c1. The molecule has 1 heterocycles. The Hall–Kier alpha value is -3.97. The number of ketones is 1. The quantitative estimate of drug-likeness (QED) is 0.240. The predicted octanol–water partition coefficient (Wildman–Crippen LogP) is 6.66. The van der Waals surface area contributed by atoms with Crippen LogP contribution in [0.5, 0.6) is 11.5 Å². The van der Waals surface area contributed by atoms with Gasteiger partial charge in [0.05, 0.1) is 25.3 Å². The average Bonchev–Trinajstić information content (AvgIpc) is 3.30. The van der Waals surface area contributed by atoms with E-state index in [1.54, 1.807) is 32.0 Å². The maximum absolute atomic E-state index is 13.3. The smallest absolute Gasteiger partial charge is 0.232 e. The van der Waals surface area contributed by atoms with Gasteiger partial charge in [0.1, 0.15) is 11.5 Å². The molecule has 1 N–H and O–H groups in total. The van der Waals surface area contributed by atoms with E-state index in [1.807, 2.05) is 48.5 Å². The zero-order valence-corrected chi connectivity index (χ0v) is 22.2. The van der Waals surface area contributed by atoms with Gasteiger partial charge in [-0.05, 0) is 17.7 Å². The summed E-state index contributed by atoms with van der Waals surface area (Å²) in [6.45, 7) is 3.52. The number of amides is 1. The number of nitrogens with one attached hydrogen (secondary N) is 1. The van der Waals surface area contributed by atoms with Crippen molar-refractivity contribution in [2.75, 3.05) is 19.5 Å². The van der Waals surface area contributed by atoms with Gasteiger partial charge in [-0.1, -0.05) is 74.5 Å². The first-order valence-corrected chi connectivity index (χ1v) is 12.8. The first kappa shape index (κ1) is 26.1. The molecule has 0 atom stereocenters. The molecule has 190 valence electrons. The summed E-state index contributed by atoms with van der Waals surface area (Å²) in [5.74, 6) is 0.598. The molecule has 0 fully saturated rings. The molecule has 0 saturated carbocycles. The van der Waals surface area contributed by atoms with Gasteiger partial charge in [0, 0.05) is 34.9 Å². The topological polar surface area (TPSA) is 77.5 Å². The zero-order chi connectivity index (χ0) is 26.4. The first-order chi connectivity index (χ1) is 17.8. The van der Waals surface area contributed by atoms with E-state index >= 15 is 0 Å². The summed E-state index contributed by atoms with van der Waals surface area (Å²) in [7, 11) is 3.06. The monoisotopic (exact) mass is 514 g/mol. The van der Waals surface area contributed by atoms with Crippen LogP contribution >= 0.6 is 11.3 Å². The summed E-state index contributed by atoms with van der Waals surface area (Å²) in [5.41, 5.74) is 2.48. The minimum Gasteiger partial charge on any atom is -0.497 e. The number of carbonyl (C=O) groups is 2. The van der Waals surface area contributed by atoms with E-state index in [0.29, 0.717) is 28.6 Å². The van der Waals surface area contributed by atoms with Crippen molar-refractivity contribution in [1.29, 1.82) is 0 Å². The Balaban J connectivity index is 1.54. The number of aromatic nitrogens is 1. The van der Waals surface area contributed by atoms with Gasteiger partial charge in [-0.3, -0.25) is 9.59 Å². The number of ether oxygens (including phenoxy) is 2. The van der Waals surface area contributed by atoms with Crippen LogP contribution in [0.4, 0.5) is 5.13 Å². The summed E-state index contributed by atoms with van der Waals surface area (Å²) < 4.78 is 10.6. The Kier molecular flexibility index (Phi) is 8.04. The predicted molar refractivity (Wildman–Crippen MR) is 148 cm³/mol. The van der Waals surface area contributed by atoms with E-state index in [9.17, 15) is 9.59 Å². The molecular formula is C30H30N2O4S. The highest BCUT2D eigenvalue weighted by atomic mass is 32.1. The lowest BCUT2D eigenvalue weighted by Crippen LogP contribution is -2.33. The number of hydrogen-bond acceptors (Lipinski definition) is 6. The van der Waals surface area contributed by atoms with Crippen LogP contribution in [0.3, 0.4) is 0 Å². The summed E-state index contributed by atoms with van der Waals surface area (Å²) in [4.78, 5) is 32.3. The van der Waals surface area contributed by atoms with Gasteiger partial charge in [0.15, 0.2) is 10.9 Å². The summed E-state index contributed by atoms with van der Waals surface area (Å²) in [5, 5.41) is 3.48. The van der Waals surface area contributed by atoms with Gasteiger partial charge in [-0.2, -0.15) is 0 Å². The molecule has 4 rings (SSSR count). The van der Waals surface area contributed by atoms with E-state index in [-0.39, 0.29) is 18.1 Å². The molecular weight excluding hydrogens is 484 g/mol. The second-order valence-corrected chi connectivity index (χ2v) is 10.4. The van der Waals surface area contributed by atoms with Gasteiger partial charge in [0.25, 0.3) is 0 Å². The van der Waals surface area contributed by atoms with Crippen molar-refractivity contribution >= 4 is 28.2 Å². The largest absolute Gasteiger partial charge is 0.497 e. The zero-order valence-electron chi connectivity index (χ0n) is 21.4. The van der Waals surface area contributed by atoms with Crippen molar-refractivity contribution in [1.82, 2.24) is 4.98 Å². The highest BCUT2D eigenvalue weighted by molar-refractivity contribution is 7.16. The molecule has 0 aliphatic rings. The Morgan fingerprint density at radius 1 is 0.892 bits per heavy atom. The third-order valence-corrected chi connectivity index (χ3v) is 7.03. The molecule has 0 bridgehead atoms. The number of Topliss-reactive ketones (excluding diaryl/α,β-unsaturated/α-hetero) is 1. The maximum Gasteiger partial charge on any atom is 0.232 e. The molecule has 0 saturated heterocycles. The fourth-order valence-corrected chi connectivity index (χ4v) is 4.96. The highest BCUT2D eigenvalue weighted by Crippen LogP contribution is 2.35. The lowest BCUT2D eigenvalue weighted by Gasteiger charge is -2.22. The van der Waals surface area contributed by atoms with E-state index in [1.165, 1.54) is 31.1 Å². The number of hydrogen-bond donors (Lipinski definition) is 1. The summed E-state index contributed by atoms with van der Waals surface area (Å²) in [6.07, 6.45) is 0.723. The molecule has 4 aromatic rings. The molecule has 3 aromatic carbocycles. The Labute approximate surface area is 221 Å². The van der Waals surface area contributed by atoms with Crippen LogP contribution in [0.25, 0.3) is 11.3 Å². The molecule has 37 heavy (non-hydrogen) atoms. The molecule has 6 nitrogen and oxygen atoms in total. The van der Waals surface area contributed by atoms with Crippen LogP contribution in [0.15, 0.2) is 78.9 Å². The molecule has 0 spiro atoms. The molecule has 0 aliphatic carbocycles. The van der Waals surface area contributed by atoms with Crippen molar-refractivity contribution in [2.24, 2.45) is 5.41 Å². The standard InChI is InChI=1S/C30H30N2O4S/c1-30(2,19-25(33)22-16-23(35-3)18-24(17-22)36-4)28(34)32-29-31-27(21-13-9-6-10-14-21)26(37-29)15-20-11-7-5-8-12-20/h5-14,16-18H,15,19H2,1-4H3,(H,31,32,34). The van der Waals surface area contributed by atoms with Crippen LogP contribution < -0.4 is 14.8 Å². The van der Waals surface area contributed by atoms with Gasteiger partial charge >= 0.3 is 0 Å². The highest BCUT2D eigenvalue weighted by Gasteiger charge is 2.32. The molecule has 1 amide bonds. The van der Waals surface area contributed by atoms with E-state index in [0.717, 1.165) is 16.1 Å². The third kappa shape index (κ3) is 6.43. The van der Waals surface area contributed by atoms with Crippen LogP contribution in [0, 0.1) is 5.41 Å². The maximum atomic E-state index is 13.3. The normalized spacial score (nSPS) is 11.1. The average molecular weight is 515 g/mol. The molecule has 7 heteroatoms. The number of nitrogens with zero attached hydrogens (tertiary/aromatic N) is 1. The van der Waals surface area contributed by atoms with Gasteiger partial charge in [-0.25, -0.2) is 4.98 Å². The summed E-state index contributed by atoms with van der Waals surface area (Å²) in [6, 6.07) is 25.1. The van der Waals surface area contributed by atoms with Gasteiger partial charge < -0.3 is 14.8 Å². The van der Waals surface area contributed by atoms with Crippen LogP contribution in [-0.4, -0.2) is 30.9 Å². The number of rotatable bonds is 10. The number of anilines is 1. The second kappa shape index (κ2) is 11.4. The first-order valence-electron chi connectivity index (χ1n) is 12.0. The number of benzene rings is 3. The number of carbonyl (C=O) groups excluding carboxylic acids is 2.